The van der Waals surface area contributed by atoms with Crippen molar-refractivity contribution < 1.29 is 0 Å². The Bertz CT molecular complexity index is 696. The number of rotatable bonds is 2. The minimum atomic E-state index is 0.743. The fraction of sp³-hybridized carbons (Fsp3) is 0. The van der Waals surface area contributed by atoms with Crippen molar-refractivity contribution in [2.75, 3.05) is 17.2 Å². The Hall–Kier alpha value is -2.94. The second-order valence-corrected chi connectivity index (χ2v) is 5.01. The van der Waals surface area contributed by atoms with Crippen LogP contribution in [-0.4, -0.2) is 0 Å². The van der Waals surface area contributed by atoms with Gasteiger partial charge < -0.3 is 17.2 Å². The van der Waals surface area contributed by atoms with Crippen molar-refractivity contribution in [2.45, 2.75) is 0 Å². The van der Waals surface area contributed by atoms with Crippen LogP contribution in [0.4, 0.5) is 17.1 Å². The molecule has 0 aliphatic rings. The summed E-state index contributed by atoms with van der Waals surface area (Å²) < 4.78 is 0. The van der Waals surface area contributed by atoms with Gasteiger partial charge in [0.2, 0.25) is 0 Å². The van der Waals surface area contributed by atoms with Crippen molar-refractivity contribution in [3.8, 4) is 22.3 Å². The normalized spacial score (nSPS) is 10.5. The summed E-state index contributed by atoms with van der Waals surface area (Å²) >= 11 is 0. The molecule has 0 heterocycles. The molecule has 104 valence electrons. The first-order valence-corrected chi connectivity index (χ1v) is 6.75. The molecule has 0 saturated heterocycles. The molecule has 0 aliphatic carbocycles. The van der Waals surface area contributed by atoms with Crippen molar-refractivity contribution in [2.24, 2.45) is 0 Å². The highest BCUT2D eigenvalue weighted by molar-refractivity contribution is 5.89. The molecule has 0 fully saturated rings. The van der Waals surface area contributed by atoms with Crippen LogP contribution < -0.4 is 17.2 Å². The number of benzene rings is 3. The first-order valence-electron chi connectivity index (χ1n) is 6.75. The molecular formula is C18H17N3. The number of anilines is 3. The Morgan fingerprint density at radius 3 is 1.24 bits per heavy atom. The lowest BCUT2D eigenvalue weighted by Crippen LogP contribution is -1.95. The number of hydrogen-bond acceptors (Lipinski definition) is 3. The SMILES string of the molecule is Nc1ccc(-c2cccc(-c3ccc(N)cc3)c2N)cc1. The highest BCUT2D eigenvalue weighted by Gasteiger charge is 2.08. The number of para-hydroxylation sites is 1. The second-order valence-electron chi connectivity index (χ2n) is 5.01. The Balaban J connectivity index is 2.10. The smallest absolute Gasteiger partial charge is 0.0473 e. The van der Waals surface area contributed by atoms with Crippen LogP contribution in [0, 0.1) is 0 Å². The highest BCUT2D eigenvalue weighted by Crippen LogP contribution is 2.35. The van der Waals surface area contributed by atoms with Gasteiger partial charge in [0.1, 0.15) is 0 Å². The average Bonchev–Trinajstić information content (AvgIpc) is 2.50. The molecule has 0 unspecified atom stereocenters. The van der Waals surface area contributed by atoms with Gasteiger partial charge in [0.25, 0.3) is 0 Å². The largest absolute Gasteiger partial charge is 0.399 e. The van der Waals surface area contributed by atoms with E-state index in [1.807, 2.05) is 66.7 Å². The predicted molar refractivity (Wildman–Crippen MR) is 90.6 cm³/mol. The first kappa shape index (κ1) is 13.1. The molecule has 21 heavy (non-hydrogen) atoms. The van der Waals surface area contributed by atoms with Crippen molar-refractivity contribution >= 4 is 17.1 Å². The van der Waals surface area contributed by atoms with E-state index >= 15 is 0 Å². The molecule has 0 aliphatic heterocycles. The third kappa shape index (κ3) is 2.54. The van der Waals surface area contributed by atoms with E-state index in [4.69, 9.17) is 17.2 Å². The third-order valence-corrected chi connectivity index (χ3v) is 3.55. The van der Waals surface area contributed by atoms with E-state index in [1.54, 1.807) is 0 Å². The van der Waals surface area contributed by atoms with E-state index in [9.17, 15) is 0 Å². The summed E-state index contributed by atoms with van der Waals surface area (Å²) in [6.07, 6.45) is 0. The van der Waals surface area contributed by atoms with E-state index < -0.39 is 0 Å². The summed E-state index contributed by atoms with van der Waals surface area (Å²) in [6.45, 7) is 0. The maximum Gasteiger partial charge on any atom is 0.0473 e. The quantitative estimate of drug-likeness (QED) is 0.623. The Morgan fingerprint density at radius 2 is 0.857 bits per heavy atom. The van der Waals surface area contributed by atoms with Gasteiger partial charge in [-0.2, -0.15) is 0 Å². The number of nitrogen functional groups attached to an aromatic ring is 3. The molecule has 3 rings (SSSR count). The maximum atomic E-state index is 6.36. The molecule has 3 heteroatoms. The Labute approximate surface area is 124 Å². The Kier molecular flexibility index (Phi) is 3.24. The zero-order chi connectivity index (χ0) is 14.8. The minimum absolute atomic E-state index is 0.743. The summed E-state index contributed by atoms with van der Waals surface area (Å²) in [7, 11) is 0. The van der Waals surface area contributed by atoms with E-state index in [-0.39, 0.29) is 0 Å². The van der Waals surface area contributed by atoms with Crippen LogP contribution >= 0.6 is 0 Å². The number of nitrogens with two attached hydrogens (primary N) is 3. The van der Waals surface area contributed by atoms with Gasteiger partial charge in [-0.05, 0) is 35.4 Å². The van der Waals surface area contributed by atoms with Crippen molar-refractivity contribution in [3.63, 3.8) is 0 Å². The van der Waals surface area contributed by atoms with Gasteiger partial charge in [0.15, 0.2) is 0 Å². The highest BCUT2D eigenvalue weighted by atomic mass is 14.6. The molecule has 0 radical (unpaired) electrons. The molecule has 6 N–H and O–H groups in total. The molecule has 3 aromatic rings. The molecule has 0 saturated carbocycles. The summed E-state index contributed by atoms with van der Waals surface area (Å²) in [5.74, 6) is 0. The molecular weight excluding hydrogens is 258 g/mol. The zero-order valence-electron chi connectivity index (χ0n) is 11.6. The molecule has 0 bridgehead atoms. The fourth-order valence-corrected chi connectivity index (χ4v) is 2.39. The second kappa shape index (κ2) is 5.21. The third-order valence-electron chi connectivity index (χ3n) is 3.55. The monoisotopic (exact) mass is 275 g/mol. The van der Waals surface area contributed by atoms with E-state index in [1.165, 1.54) is 0 Å². The number of hydrogen-bond donors (Lipinski definition) is 3. The fourth-order valence-electron chi connectivity index (χ4n) is 2.39. The van der Waals surface area contributed by atoms with Crippen molar-refractivity contribution in [3.05, 3.63) is 66.7 Å². The zero-order valence-corrected chi connectivity index (χ0v) is 11.6. The van der Waals surface area contributed by atoms with E-state index in [0.717, 1.165) is 39.3 Å². The topological polar surface area (TPSA) is 78.1 Å². The average molecular weight is 275 g/mol. The standard InChI is InChI=1S/C18H17N3/c19-14-8-4-12(5-9-14)16-2-1-3-17(18(16)21)13-6-10-15(20)11-7-13/h1-11H,19-21H2. The minimum Gasteiger partial charge on any atom is -0.399 e. The molecule has 0 amide bonds. The molecule has 3 aromatic carbocycles. The van der Waals surface area contributed by atoms with Gasteiger partial charge in [0, 0.05) is 28.2 Å². The van der Waals surface area contributed by atoms with Crippen LogP contribution in [0.25, 0.3) is 22.3 Å². The van der Waals surface area contributed by atoms with Crippen LogP contribution in [0.15, 0.2) is 66.7 Å². The summed E-state index contributed by atoms with van der Waals surface area (Å²) in [4.78, 5) is 0. The van der Waals surface area contributed by atoms with Crippen molar-refractivity contribution in [1.29, 1.82) is 0 Å². The maximum absolute atomic E-state index is 6.36. The van der Waals surface area contributed by atoms with Gasteiger partial charge in [-0.3, -0.25) is 0 Å². The van der Waals surface area contributed by atoms with Gasteiger partial charge in [-0.25, -0.2) is 0 Å². The molecule has 0 aromatic heterocycles. The predicted octanol–water partition coefficient (Wildman–Crippen LogP) is 3.77. The molecule has 0 atom stereocenters. The lowest BCUT2D eigenvalue weighted by atomic mass is 9.96. The Morgan fingerprint density at radius 1 is 0.476 bits per heavy atom. The summed E-state index contributed by atoms with van der Waals surface area (Å²) in [5.41, 5.74) is 24.2. The summed E-state index contributed by atoms with van der Waals surface area (Å²) in [5, 5.41) is 0. The van der Waals surface area contributed by atoms with Gasteiger partial charge in [-0.1, -0.05) is 42.5 Å². The van der Waals surface area contributed by atoms with Crippen LogP contribution in [0.5, 0.6) is 0 Å². The summed E-state index contributed by atoms with van der Waals surface area (Å²) in [6, 6.07) is 21.5. The lowest BCUT2D eigenvalue weighted by Gasteiger charge is -2.12. The van der Waals surface area contributed by atoms with Gasteiger partial charge in [-0.15, -0.1) is 0 Å². The van der Waals surface area contributed by atoms with E-state index in [0.29, 0.717) is 0 Å². The van der Waals surface area contributed by atoms with Crippen molar-refractivity contribution in [1.82, 2.24) is 0 Å². The lowest BCUT2D eigenvalue weighted by molar-refractivity contribution is 1.58. The molecule has 0 spiro atoms. The van der Waals surface area contributed by atoms with Gasteiger partial charge in [0.05, 0.1) is 0 Å². The molecule has 3 nitrogen and oxygen atoms in total. The van der Waals surface area contributed by atoms with Crippen LogP contribution in [0.1, 0.15) is 0 Å². The van der Waals surface area contributed by atoms with Gasteiger partial charge >= 0.3 is 0 Å². The van der Waals surface area contributed by atoms with Crippen LogP contribution in [-0.2, 0) is 0 Å². The van der Waals surface area contributed by atoms with Crippen LogP contribution in [0.2, 0.25) is 0 Å². The van der Waals surface area contributed by atoms with Crippen LogP contribution in [0.3, 0.4) is 0 Å². The first-order chi connectivity index (χ1) is 10.1. The van der Waals surface area contributed by atoms with E-state index in [2.05, 4.69) is 0 Å².